The molecule has 1 N–H and O–H groups in total. The van der Waals surface area contributed by atoms with Crippen molar-refractivity contribution in [1.29, 1.82) is 0 Å². The van der Waals surface area contributed by atoms with Gasteiger partial charge in [-0.2, -0.15) is 0 Å². The Hall–Kier alpha value is -2.83. The minimum Gasteiger partial charge on any atom is -0.325 e. The second-order valence-corrected chi connectivity index (χ2v) is 9.01. The maximum atomic E-state index is 13.3. The number of aryl methyl sites for hydroxylation is 2. The zero-order chi connectivity index (χ0) is 21.0. The molecular formula is C22H21ClN2O3S. The Bertz CT molecular complexity index is 1090. The molecule has 3 aromatic carbocycles. The zero-order valence-corrected chi connectivity index (χ0v) is 17.7. The number of carbonyl (C=O) groups excluding carboxylic acids is 1. The summed E-state index contributed by atoms with van der Waals surface area (Å²) in [5, 5.41) is 3.22. The predicted molar refractivity (Wildman–Crippen MR) is 117 cm³/mol. The summed E-state index contributed by atoms with van der Waals surface area (Å²) < 4.78 is 27.6. The van der Waals surface area contributed by atoms with Gasteiger partial charge in [-0.3, -0.25) is 9.10 Å². The molecule has 0 aliphatic rings. The van der Waals surface area contributed by atoms with Crippen molar-refractivity contribution in [3.8, 4) is 0 Å². The summed E-state index contributed by atoms with van der Waals surface area (Å²) in [5.41, 5.74) is 2.96. The highest BCUT2D eigenvalue weighted by molar-refractivity contribution is 7.92. The largest absolute Gasteiger partial charge is 0.325 e. The SMILES string of the molecule is Cc1ccc(NC(=O)CN(c2ccc(Cl)cc2)S(=O)(=O)c2ccc(C)cc2)cc1. The molecular weight excluding hydrogens is 408 g/mol. The highest BCUT2D eigenvalue weighted by Crippen LogP contribution is 2.25. The molecule has 3 rings (SSSR count). The van der Waals surface area contributed by atoms with Crippen LogP contribution in [0.25, 0.3) is 0 Å². The summed E-state index contributed by atoms with van der Waals surface area (Å²) in [4.78, 5) is 12.7. The van der Waals surface area contributed by atoms with Crippen LogP contribution in [0.3, 0.4) is 0 Å². The van der Waals surface area contributed by atoms with Crippen molar-refractivity contribution in [1.82, 2.24) is 0 Å². The fraction of sp³-hybridized carbons (Fsp3) is 0.136. The molecule has 150 valence electrons. The van der Waals surface area contributed by atoms with Gasteiger partial charge in [0, 0.05) is 10.7 Å². The third-order valence-corrected chi connectivity index (χ3v) is 6.39. The molecule has 5 nitrogen and oxygen atoms in total. The Labute approximate surface area is 176 Å². The normalized spacial score (nSPS) is 11.1. The van der Waals surface area contributed by atoms with E-state index in [2.05, 4.69) is 5.32 Å². The molecule has 0 atom stereocenters. The third kappa shape index (κ3) is 5.16. The average Bonchev–Trinajstić information content (AvgIpc) is 2.69. The van der Waals surface area contributed by atoms with Gasteiger partial charge >= 0.3 is 0 Å². The topological polar surface area (TPSA) is 66.5 Å². The summed E-state index contributed by atoms with van der Waals surface area (Å²) in [7, 11) is -3.95. The summed E-state index contributed by atoms with van der Waals surface area (Å²) in [6.07, 6.45) is 0. The summed E-state index contributed by atoms with van der Waals surface area (Å²) in [6, 6.07) is 20.1. The van der Waals surface area contributed by atoms with Gasteiger partial charge in [-0.05, 0) is 62.4 Å². The van der Waals surface area contributed by atoms with Gasteiger partial charge in [0.15, 0.2) is 0 Å². The van der Waals surface area contributed by atoms with E-state index in [9.17, 15) is 13.2 Å². The molecule has 0 aliphatic carbocycles. The minimum absolute atomic E-state index is 0.112. The van der Waals surface area contributed by atoms with Crippen LogP contribution >= 0.6 is 11.6 Å². The van der Waals surface area contributed by atoms with Gasteiger partial charge in [0.05, 0.1) is 10.6 Å². The molecule has 29 heavy (non-hydrogen) atoms. The van der Waals surface area contributed by atoms with Crippen LogP contribution in [0.1, 0.15) is 11.1 Å². The molecule has 0 saturated heterocycles. The van der Waals surface area contributed by atoms with E-state index < -0.39 is 15.9 Å². The summed E-state index contributed by atoms with van der Waals surface area (Å²) >= 11 is 5.94. The van der Waals surface area contributed by atoms with Crippen molar-refractivity contribution in [3.63, 3.8) is 0 Å². The van der Waals surface area contributed by atoms with Crippen LogP contribution in [0.5, 0.6) is 0 Å². The number of nitrogens with one attached hydrogen (secondary N) is 1. The molecule has 0 heterocycles. The Balaban J connectivity index is 1.92. The number of sulfonamides is 1. The number of amides is 1. The van der Waals surface area contributed by atoms with E-state index in [0.717, 1.165) is 15.4 Å². The Morgan fingerprint density at radius 3 is 1.93 bits per heavy atom. The third-order valence-electron chi connectivity index (χ3n) is 4.35. The van der Waals surface area contributed by atoms with E-state index in [4.69, 9.17) is 11.6 Å². The molecule has 7 heteroatoms. The number of anilines is 2. The van der Waals surface area contributed by atoms with Crippen LogP contribution in [0, 0.1) is 13.8 Å². The van der Waals surface area contributed by atoms with Crippen molar-refractivity contribution in [2.24, 2.45) is 0 Å². The lowest BCUT2D eigenvalue weighted by molar-refractivity contribution is -0.114. The van der Waals surface area contributed by atoms with Crippen molar-refractivity contribution in [2.75, 3.05) is 16.2 Å². The quantitative estimate of drug-likeness (QED) is 0.613. The number of hydrogen-bond donors (Lipinski definition) is 1. The molecule has 0 bridgehead atoms. The van der Waals surface area contributed by atoms with Gasteiger partial charge in [0.1, 0.15) is 6.54 Å². The zero-order valence-electron chi connectivity index (χ0n) is 16.1. The molecule has 0 aliphatic heterocycles. The predicted octanol–water partition coefficient (Wildman–Crippen LogP) is 4.79. The molecule has 0 radical (unpaired) electrons. The number of rotatable bonds is 6. The Morgan fingerprint density at radius 2 is 1.38 bits per heavy atom. The number of hydrogen-bond acceptors (Lipinski definition) is 3. The maximum Gasteiger partial charge on any atom is 0.264 e. The maximum absolute atomic E-state index is 13.3. The van der Waals surface area contributed by atoms with Crippen LogP contribution in [0.15, 0.2) is 77.7 Å². The first-order valence-electron chi connectivity index (χ1n) is 8.97. The van der Waals surface area contributed by atoms with Crippen LogP contribution < -0.4 is 9.62 Å². The second-order valence-electron chi connectivity index (χ2n) is 6.72. The van der Waals surface area contributed by atoms with Gasteiger partial charge in [-0.1, -0.05) is 47.0 Å². The first kappa shape index (κ1) is 20.9. The van der Waals surface area contributed by atoms with Gasteiger partial charge in [-0.25, -0.2) is 8.42 Å². The second kappa shape index (κ2) is 8.68. The van der Waals surface area contributed by atoms with Crippen LogP contribution in [0.2, 0.25) is 5.02 Å². The fourth-order valence-corrected chi connectivity index (χ4v) is 4.27. The first-order chi connectivity index (χ1) is 13.8. The number of benzene rings is 3. The molecule has 3 aromatic rings. The van der Waals surface area contributed by atoms with Gasteiger partial charge in [0.2, 0.25) is 5.91 Å². The summed E-state index contributed by atoms with van der Waals surface area (Å²) in [5.74, 6) is -0.445. The number of carbonyl (C=O) groups is 1. The lowest BCUT2D eigenvalue weighted by atomic mass is 10.2. The van der Waals surface area contributed by atoms with E-state index in [1.54, 1.807) is 48.5 Å². The van der Waals surface area contributed by atoms with E-state index in [-0.39, 0.29) is 11.4 Å². The monoisotopic (exact) mass is 428 g/mol. The van der Waals surface area contributed by atoms with E-state index in [0.29, 0.717) is 16.4 Å². The minimum atomic E-state index is -3.95. The molecule has 0 aromatic heterocycles. The van der Waals surface area contributed by atoms with Crippen molar-refractivity contribution < 1.29 is 13.2 Å². The summed E-state index contributed by atoms with van der Waals surface area (Å²) in [6.45, 7) is 3.45. The van der Waals surface area contributed by atoms with Gasteiger partial charge in [0.25, 0.3) is 10.0 Å². The Morgan fingerprint density at radius 1 is 0.862 bits per heavy atom. The van der Waals surface area contributed by atoms with Crippen LogP contribution in [-0.4, -0.2) is 20.9 Å². The Kier molecular flexibility index (Phi) is 6.25. The molecule has 0 spiro atoms. The highest BCUT2D eigenvalue weighted by Gasteiger charge is 2.27. The van der Waals surface area contributed by atoms with Gasteiger partial charge in [-0.15, -0.1) is 0 Å². The lowest BCUT2D eigenvalue weighted by Gasteiger charge is -2.24. The van der Waals surface area contributed by atoms with Crippen molar-refractivity contribution in [3.05, 3.63) is 88.9 Å². The van der Waals surface area contributed by atoms with Crippen LogP contribution in [-0.2, 0) is 14.8 Å². The van der Waals surface area contributed by atoms with Crippen molar-refractivity contribution >= 4 is 38.9 Å². The molecule has 0 saturated carbocycles. The molecule has 1 amide bonds. The number of halogens is 1. The van der Waals surface area contributed by atoms with Gasteiger partial charge < -0.3 is 5.32 Å². The van der Waals surface area contributed by atoms with E-state index in [1.165, 1.54) is 12.1 Å². The fourth-order valence-electron chi connectivity index (χ4n) is 2.73. The standard InChI is InChI=1S/C22H21ClN2O3S/c1-16-3-9-19(10-4-16)24-22(26)15-25(20-11-7-18(23)8-12-20)29(27,28)21-13-5-17(2)6-14-21/h3-14H,15H2,1-2H3,(H,24,26). The van der Waals surface area contributed by atoms with E-state index >= 15 is 0 Å². The highest BCUT2D eigenvalue weighted by atomic mass is 35.5. The van der Waals surface area contributed by atoms with Crippen LogP contribution in [0.4, 0.5) is 11.4 Å². The molecule has 0 fully saturated rings. The number of nitrogens with zero attached hydrogens (tertiary/aromatic N) is 1. The lowest BCUT2D eigenvalue weighted by Crippen LogP contribution is -2.38. The smallest absolute Gasteiger partial charge is 0.264 e. The first-order valence-corrected chi connectivity index (χ1v) is 10.8. The van der Waals surface area contributed by atoms with Crippen molar-refractivity contribution in [2.45, 2.75) is 18.7 Å². The average molecular weight is 429 g/mol. The van der Waals surface area contributed by atoms with E-state index in [1.807, 2.05) is 26.0 Å². The molecule has 0 unspecified atom stereocenters.